The van der Waals surface area contributed by atoms with E-state index >= 15 is 0 Å². The van der Waals surface area contributed by atoms with Crippen LogP contribution in [0.15, 0.2) is 34.1 Å². The Morgan fingerprint density at radius 3 is 2.70 bits per heavy atom. The highest BCUT2D eigenvalue weighted by Crippen LogP contribution is 2.28. The van der Waals surface area contributed by atoms with Crippen LogP contribution >= 0.6 is 38.9 Å². The highest BCUT2D eigenvalue weighted by molar-refractivity contribution is 9.10. The third-order valence-corrected chi connectivity index (χ3v) is 6.34. The molecule has 1 fully saturated rings. The van der Waals surface area contributed by atoms with Gasteiger partial charge in [-0.1, -0.05) is 11.6 Å². The van der Waals surface area contributed by atoms with Crippen LogP contribution in [0, 0.1) is 5.92 Å². The van der Waals surface area contributed by atoms with Crippen LogP contribution < -0.4 is 10.6 Å². The summed E-state index contributed by atoms with van der Waals surface area (Å²) in [7, 11) is 0. The number of hydrogen-bond acceptors (Lipinski definition) is 4. The molecule has 1 saturated heterocycles. The number of urea groups is 1. The number of piperidine rings is 1. The van der Waals surface area contributed by atoms with E-state index < -0.39 is 0 Å². The number of benzene rings is 1. The minimum atomic E-state index is -0.208. The smallest absolute Gasteiger partial charge is 0.317 e. The number of aromatic hydroxyl groups is 1. The molecule has 0 bridgehead atoms. The maximum Gasteiger partial charge on any atom is 0.317 e. The van der Waals surface area contributed by atoms with Gasteiger partial charge in [0.1, 0.15) is 5.75 Å². The molecule has 0 aliphatic carbocycles. The van der Waals surface area contributed by atoms with E-state index in [1.54, 1.807) is 22.3 Å². The van der Waals surface area contributed by atoms with Crippen molar-refractivity contribution in [2.24, 2.45) is 5.92 Å². The maximum atomic E-state index is 12.4. The number of anilines is 1. The Morgan fingerprint density at radius 1 is 1.30 bits per heavy atom. The van der Waals surface area contributed by atoms with Gasteiger partial charge in [0.05, 0.1) is 12.2 Å². The van der Waals surface area contributed by atoms with Gasteiger partial charge >= 0.3 is 6.03 Å². The summed E-state index contributed by atoms with van der Waals surface area (Å²) >= 11 is 10.9. The third-order valence-electron chi connectivity index (χ3n) is 4.41. The lowest BCUT2D eigenvalue weighted by atomic mass is 9.96. The molecule has 0 radical (unpaired) electrons. The van der Waals surface area contributed by atoms with Crippen LogP contribution in [-0.4, -0.2) is 35.0 Å². The van der Waals surface area contributed by atoms with Gasteiger partial charge in [-0.25, -0.2) is 4.79 Å². The van der Waals surface area contributed by atoms with Crippen molar-refractivity contribution in [2.75, 3.05) is 18.4 Å². The third kappa shape index (κ3) is 5.37. The Morgan fingerprint density at radius 2 is 2.04 bits per heavy atom. The average molecular weight is 473 g/mol. The Bertz CT molecular complexity index is 837. The van der Waals surface area contributed by atoms with Crippen LogP contribution in [-0.2, 0) is 11.3 Å². The maximum absolute atomic E-state index is 12.4. The summed E-state index contributed by atoms with van der Waals surface area (Å²) < 4.78 is 1.01. The molecule has 1 aliphatic heterocycles. The van der Waals surface area contributed by atoms with E-state index in [2.05, 4.69) is 26.6 Å². The molecule has 3 N–H and O–H groups in total. The van der Waals surface area contributed by atoms with E-state index in [9.17, 15) is 14.7 Å². The molecule has 0 atom stereocenters. The largest absolute Gasteiger partial charge is 0.506 e. The molecule has 0 saturated carbocycles. The van der Waals surface area contributed by atoms with Gasteiger partial charge in [-0.05, 0) is 53.0 Å². The Balaban J connectivity index is 1.47. The van der Waals surface area contributed by atoms with E-state index in [4.69, 9.17) is 11.6 Å². The summed E-state index contributed by atoms with van der Waals surface area (Å²) in [4.78, 5) is 27.5. The normalized spacial score (nSPS) is 14.8. The minimum Gasteiger partial charge on any atom is -0.506 e. The average Bonchev–Trinajstić information content (AvgIpc) is 3.08. The standard InChI is InChI=1S/C18H19BrClN3O3S/c19-12-7-14(27-10-12)9-21-18(26)23-5-3-11(4-6-23)17(25)22-15-8-13(20)1-2-16(15)24/h1-2,7-8,10-11,24H,3-6,9H2,(H,21,26)(H,22,25). The summed E-state index contributed by atoms with van der Waals surface area (Å²) in [5, 5.41) is 17.9. The lowest BCUT2D eigenvalue weighted by Gasteiger charge is -2.31. The monoisotopic (exact) mass is 471 g/mol. The first-order chi connectivity index (χ1) is 12.9. The fourth-order valence-corrected chi connectivity index (χ4v) is 4.47. The number of phenols is 1. The molecule has 2 heterocycles. The molecule has 1 aliphatic rings. The van der Waals surface area contributed by atoms with E-state index in [-0.39, 0.29) is 23.6 Å². The van der Waals surface area contributed by atoms with E-state index in [1.807, 2.05) is 11.4 Å². The number of carbonyl (C=O) groups excluding carboxylic acids is 2. The molecular formula is C18H19BrClN3O3S. The number of hydrogen-bond donors (Lipinski definition) is 3. The molecule has 6 nitrogen and oxygen atoms in total. The lowest BCUT2D eigenvalue weighted by Crippen LogP contribution is -2.45. The molecule has 1 aromatic carbocycles. The molecule has 3 amide bonds. The van der Waals surface area contributed by atoms with Gasteiger partial charge < -0.3 is 20.6 Å². The van der Waals surface area contributed by atoms with Crippen molar-refractivity contribution in [3.63, 3.8) is 0 Å². The quantitative estimate of drug-likeness (QED) is 0.576. The topological polar surface area (TPSA) is 81.7 Å². The Hall–Kier alpha value is -1.77. The van der Waals surface area contributed by atoms with Crippen LogP contribution in [0.2, 0.25) is 5.02 Å². The molecule has 144 valence electrons. The highest BCUT2D eigenvalue weighted by atomic mass is 79.9. The fourth-order valence-electron chi connectivity index (χ4n) is 2.91. The van der Waals surface area contributed by atoms with Gasteiger partial charge in [-0.3, -0.25) is 4.79 Å². The van der Waals surface area contributed by atoms with Crippen molar-refractivity contribution >= 4 is 56.5 Å². The van der Waals surface area contributed by atoms with Crippen LogP contribution in [0.25, 0.3) is 0 Å². The summed E-state index contributed by atoms with van der Waals surface area (Å²) in [5.41, 5.74) is 0.301. The SMILES string of the molecule is O=C(Nc1cc(Cl)ccc1O)C1CCN(C(=O)NCc2cc(Br)cs2)CC1. The van der Waals surface area contributed by atoms with E-state index in [1.165, 1.54) is 12.1 Å². The first kappa shape index (κ1) is 20.0. The summed E-state index contributed by atoms with van der Waals surface area (Å²) in [6.45, 7) is 1.52. The van der Waals surface area contributed by atoms with Crippen molar-refractivity contribution in [3.8, 4) is 5.75 Å². The van der Waals surface area contributed by atoms with Crippen LogP contribution in [0.4, 0.5) is 10.5 Å². The number of rotatable bonds is 4. The molecule has 9 heteroatoms. The van der Waals surface area contributed by atoms with Crippen LogP contribution in [0.5, 0.6) is 5.75 Å². The summed E-state index contributed by atoms with van der Waals surface area (Å²) in [5.74, 6) is -0.401. The number of nitrogens with zero attached hydrogens (tertiary/aromatic N) is 1. The van der Waals surface area contributed by atoms with Gasteiger partial charge in [0.2, 0.25) is 5.91 Å². The van der Waals surface area contributed by atoms with Crippen LogP contribution in [0.1, 0.15) is 17.7 Å². The Labute approximate surface area is 174 Å². The predicted molar refractivity (Wildman–Crippen MR) is 110 cm³/mol. The second-order valence-electron chi connectivity index (χ2n) is 6.30. The van der Waals surface area contributed by atoms with E-state index in [0.717, 1.165) is 9.35 Å². The molecule has 27 heavy (non-hydrogen) atoms. The first-order valence-corrected chi connectivity index (χ1v) is 10.5. The van der Waals surface area contributed by atoms with Crippen molar-refractivity contribution in [2.45, 2.75) is 19.4 Å². The van der Waals surface area contributed by atoms with Crippen molar-refractivity contribution in [1.82, 2.24) is 10.2 Å². The lowest BCUT2D eigenvalue weighted by molar-refractivity contribution is -0.121. The number of nitrogens with one attached hydrogen (secondary N) is 2. The summed E-state index contributed by atoms with van der Waals surface area (Å²) in [6.07, 6.45) is 1.15. The zero-order chi connectivity index (χ0) is 19.4. The number of carbonyl (C=O) groups is 2. The number of likely N-dealkylation sites (tertiary alicyclic amines) is 1. The van der Waals surface area contributed by atoms with Crippen molar-refractivity contribution in [1.29, 1.82) is 0 Å². The van der Waals surface area contributed by atoms with Crippen molar-refractivity contribution < 1.29 is 14.7 Å². The number of phenolic OH excluding ortho intramolecular Hbond substituents is 1. The van der Waals surface area contributed by atoms with Crippen molar-refractivity contribution in [3.05, 3.63) is 44.0 Å². The fraction of sp³-hybridized carbons (Fsp3) is 0.333. The molecule has 1 aromatic heterocycles. The second-order valence-corrected chi connectivity index (χ2v) is 8.65. The summed E-state index contributed by atoms with van der Waals surface area (Å²) in [6, 6.07) is 6.37. The molecule has 2 aromatic rings. The Kier molecular flexibility index (Phi) is 6.62. The first-order valence-electron chi connectivity index (χ1n) is 8.47. The molecule has 3 rings (SSSR count). The molecular weight excluding hydrogens is 454 g/mol. The van der Waals surface area contributed by atoms with Gasteiger partial charge in [0, 0.05) is 38.8 Å². The predicted octanol–water partition coefficient (Wildman–Crippen LogP) is 4.43. The van der Waals surface area contributed by atoms with Gasteiger partial charge in [0.25, 0.3) is 0 Å². The minimum absolute atomic E-state index is 0.0234. The second kappa shape index (κ2) is 8.95. The van der Waals surface area contributed by atoms with E-state index in [0.29, 0.717) is 43.2 Å². The van der Waals surface area contributed by atoms with Gasteiger partial charge in [0.15, 0.2) is 0 Å². The zero-order valence-electron chi connectivity index (χ0n) is 14.4. The molecule has 0 spiro atoms. The van der Waals surface area contributed by atoms with Crippen LogP contribution in [0.3, 0.4) is 0 Å². The number of thiophene rings is 1. The number of amides is 3. The number of halogens is 2. The zero-order valence-corrected chi connectivity index (χ0v) is 17.5. The van der Waals surface area contributed by atoms with Gasteiger partial charge in [-0.15, -0.1) is 11.3 Å². The highest BCUT2D eigenvalue weighted by Gasteiger charge is 2.27. The molecule has 0 unspecified atom stereocenters. The van der Waals surface area contributed by atoms with Gasteiger partial charge in [-0.2, -0.15) is 0 Å².